The molecular formula is C27H32N6OS. The number of nitrogens with zero attached hydrogens (tertiary/aromatic N) is 6. The van der Waals surface area contributed by atoms with Crippen LogP contribution in [0.1, 0.15) is 40.2 Å². The zero-order valence-electron chi connectivity index (χ0n) is 20.1. The zero-order valence-corrected chi connectivity index (χ0v) is 20.9. The van der Waals surface area contributed by atoms with E-state index in [4.69, 9.17) is 9.97 Å². The van der Waals surface area contributed by atoms with E-state index in [1.807, 2.05) is 22.4 Å². The van der Waals surface area contributed by atoms with Gasteiger partial charge in [0.15, 0.2) is 0 Å². The molecular weight excluding hydrogens is 456 g/mol. The van der Waals surface area contributed by atoms with E-state index in [0.29, 0.717) is 13.1 Å². The molecule has 0 radical (unpaired) electrons. The first kappa shape index (κ1) is 22.3. The van der Waals surface area contributed by atoms with Gasteiger partial charge in [-0.1, -0.05) is 24.3 Å². The van der Waals surface area contributed by atoms with Crippen LogP contribution in [0.5, 0.6) is 0 Å². The average Bonchev–Trinajstić information content (AvgIpc) is 3.48. The van der Waals surface area contributed by atoms with Gasteiger partial charge >= 0.3 is 0 Å². The van der Waals surface area contributed by atoms with E-state index < -0.39 is 0 Å². The van der Waals surface area contributed by atoms with Crippen LogP contribution >= 0.6 is 11.3 Å². The first-order valence-corrected chi connectivity index (χ1v) is 13.7. The summed E-state index contributed by atoms with van der Waals surface area (Å²) in [5.41, 5.74) is 3.55. The van der Waals surface area contributed by atoms with Crippen LogP contribution in [0.2, 0.25) is 0 Å². The van der Waals surface area contributed by atoms with E-state index in [2.05, 4.69) is 45.0 Å². The van der Waals surface area contributed by atoms with Crippen molar-refractivity contribution in [2.45, 2.75) is 32.2 Å². The molecule has 6 rings (SSSR count). The molecule has 0 aliphatic carbocycles. The smallest absolute Gasteiger partial charge is 0.264 e. The summed E-state index contributed by atoms with van der Waals surface area (Å²) in [6.45, 7) is 7.12. The van der Waals surface area contributed by atoms with Gasteiger partial charge in [-0.25, -0.2) is 4.98 Å². The Morgan fingerprint density at radius 2 is 1.54 bits per heavy atom. The summed E-state index contributed by atoms with van der Waals surface area (Å²) in [6.07, 6.45) is 4.46. The molecule has 2 aromatic heterocycles. The number of aromatic nitrogens is 2. The third kappa shape index (κ3) is 4.59. The number of hydrogen-bond donors (Lipinski definition) is 0. The molecule has 8 heteroatoms. The summed E-state index contributed by atoms with van der Waals surface area (Å²) < 4.78 is 0. The summed E-state index contributed by atoms with van der Waals surface area (Å²) in [7, 11) is 0. The number of amides is 1. The number of para-hydroxylation sites is 1. The number of thiophene rings is 1. The van der Waals surface area contributed by atoms with E-state index >= 15 is 0 Å². The van der Waals surface area contributed by atoms with Crippen molar-refractivity contribution in [3.8, 4) is 0 Å². The maximum absolute atomic E-state index is 13.1. The topological polar surface area (TPSA) is 55.8 Å². The maximum Gasteiger partial charge on any atom is 0.264 e. The van der Waals surface area contributed by atoms with Crippen molar-refractivity contribution in [2.75, 3.05) is 60.5 Å². The van der Waals surface area contributed by atoms with Crippen LogP contribution in [0, 0.1) is 0 Å². The molecule has 0 spiro atoms. The second-order valence-electron chi connectivity index (χ2n) is 9.58. The molecule has 0 unspecified atom stereocenters. The maximum atomic E-state index is 13.1. The van der Waals surface area contributed by atoms with E-state index in [-0.39, 0.29) is 5.91 Å². The predicted octanol–water partition coefficient (Wildman–Crippen LogP) is 4.05. The van der Waals surface area contributed by atoms with Crippen LogP contribution in [0.25, 0.3) is 0 Å². The molecule has 3 aliphatic rings. The Hall–Kier alpha value is -3.13. The summed E-state index contributed by atoms with van der Waals surface area (Å²) in [5, 5.41) is 1.97. The lowest BCUT2D eigenvalue weighted by Gasteiger charge is -2.38. The Balaban J connectivity index is 1.26. The fraction of sp³-hybridized carbons (Fsp3) is 0.444. The molecule has 3 aliphatic heterocycles. The van der Waals surface area contributed by atoms with E-state index in [9.17, 15) is 4.79 Å². The van der Waals surface area contributed by atoms with E-state index in [0.717, 1.165) is 73.6 Å². The minimum Gasteiger partial charge on any atom is -0.368 e. The molecule has 1 aromatic carbocycles. The number of fused-ring (bicyclic) bond motifs is 1. The fourth-order valence-corrected chi connectivity index (χ4v) is 6.12. The lowest BCUT2D eigenvalue weighted by Crippen LogP contribution is -2.47. The fourth-order valence-electron chi connectivity index (χ4n) is 5.43. The Labute approximate surface area is 211 Å². The van der Waals surface area contributed by atoms with Crippen molar-refractivity contribution in [2.24, 2.45) is 0 Å². The van der Waals surface area contributed by atoms with Gasteiger partial charge < -0.3 is 19.6 Å². The van der Waals surface area contributed by atoms with Gasteiger partial charge in [-0.05, 0) is 42.8 Å². The number of carbonyl (C=O) groups excluding carboxylic acids is 1. The molecule has 2 saturated heterocycles. The largest absolute Gasteiger partial charge is 0.368 e. The van der Waals surface area contributed by atoms with Crippen molar-refractivity contribution < 1.29 is 4.79 Å². The molecule has 7 nitrogen and oxygen atoms in total. The van der Waals surface area contributed by atoms with Crippen LogP contribution < -0.4 is 14.7 Å². The van der Waals surface area contributed by atoms with Crippen LogP contribution in [-0.4, -0.2) is 66.6 Å². The monoisotopic (exact) mass is 488 g/mol. The predicted molar refractivity (Wildman–Crippen MR) is 142 cm³/mol. The Kier molecular flexibility index (Phi) is 6.29. The number of anilines is 3. The SMILES string of the molecule is O=C(c1cccs1)N1CCc2nc(N3CCN(c4ccccc4)CC3)nc(N3CCCCC3)c2C1. The second kappa shape index (κ2) is 9.85. The number of piperidine rings is 1. The molecule has 5 heterocycles. The Morgan fingerprint density at radius 1 is 0.771 bits per heavy atom. The van der Waals surface area contributed by atoms with Gasteiger partial charge in [-0.2, -0.15) is 4.98 Å². The standard InChI is InChI=1S/C27H32N6OS/c34-26(24-10-7-19-35-24)33-14-11-23-22(20-33)25(31-12-5-2-6-13-31)29-27(28-23)32-17-15-30(16-18-32)21-8-3-1-4-9-21/h1,3-4,7-10,19H,2,5-6,11-18,20H2. The quantitative estimate of drug-likeness (QED) is 0.552. The molecule has 35 heavy (non-hydrogen) atoms. The third-order valence-electron chi connectivity index (χ3n) is 7.39. The molecule has 1 amide bonds. The van der Waals surface area contributed by atoms with Gasteiger partial charge in [0.1, 0.15) is 5.82 Å². The van der Waals surface area contributed by atoms with Crippen LogP contribution in [0.3, 0.4) is 0 Å². The van der Waals surface area contributed by atoms with Gasteiger partial charge in [0.25, 0.3) is 5.91 Å². The first-order chi connectivity index (χ1) is 17.3. The number of hydrogen-bond acceptors (Lipinski definition) is 7. The lowest BCUT2D eigenvalue weighted by atomic mass is 10.0. The second-order valence-corrected chi connectivity index (χ2v) is 10.5. The normalized spacial score (nSPS) is 18.5. The Morgan fingerprint density at radius 3 is 2.29 bits per heavy atom. The van der Waals surface area contributed by atoms with Gasteiger partial charge in [0.05, 0.1) is 17.1 Å². The molecule has 0 saturated carbocycles. The molecule has 3 aromatic rings. The first-order valence-electron chi connectivity index (χ1n) is 12.8. The summed E-state index contributed by atoms with van der Waals surface area (Å²) in [5.74, 6) is 2.03. The summed E-state index contributed by atoms with van der Waals surface area (Å²) in [4.78, 5) is 33.3. The van der Waals surface area contributed by atoms with Crippen molar-refractivity contribution in [1.82, 2.24) is 14.9 Å². The van der Waals surface area contributed by atoms with Crippen LogP contribution in [0.4, 0.5) is 17.5 Å². The highest BCUT2D eigenvalue weighted by molar-refractivity contribution is 7.12. The number of carbonyl (C=O) groups is 1. The van der Waals surface area contributed by atoms with Crippen molar-refractivity contribution >= 4 is 34.7 Å². The minimum absolute atomic E-state index is 0.122. The number of rotatable bonds is 4. The third-order valence-corrected chi connectivity index (χ3v) is 8.24. The van der Waals surface area contributed by atoms with Crippen LogP contribution in [0.15, 0.2) is 47.8 Å². The van der Waals surface area contributed by atoms with Crippen LogP contribution in [-0.2, 0) is 13.0 Å². The molecule has 0 bridgehead atoms. The van der Waals surface area contributed by atoms with E-state index in [1.54, 1.807) is 0 Å². The number of piperazine rings is 1. The van der Waals surface area contributed by atoms with Gasteiger partial charge in [0.2, 0.25) is 5.95 Å². The van der Waals surface area contributed by atoms with Crippen molar-refractivity contribution in [3.63, 3.8) is 0 Å². The molecule has 2 fully saturated rings. The highest BCUT2D eigenvalue weighted by Crippen LogP contribution is 2.32. The zero-order chi connectivity index (χ0) is 23.6. The highest BCUT2D eigenvalue weighted by atomic mass is 32.1. The van der Waals surface area contributed by atoms with E-state index in [1.165, 1.54) is 36.3 Å². The van der Waals surface area contributed by atoms with Crippen molar-refractivity contribution in [1.29, 1.82) is 0 Å². The minimum atomic E-state index is 0.122. The summed E-state index contributed by atoms with van der Waals surface area (Å²) >= 11 is 1.51. The average molecular weight is 489 g/mol. The Bertz CT molecular complexity index is 1150. The van der Waals surface area contributed by atoms with Gasteiger partial charge in [-0.3, -0.25) is 4.79 Å². The molecule has 0 N–H and O–H groups in total. The van der Waals surface area contributed by atoms with Gasteiger partial charge in [0, 0.05) is 63.5 Å². The highest BCUT2D eigenvalue weighted by Gasteiger charge is 2.30. The molecule has 182 valence electrons. The van der Waals surface area contributed by atoms with Crippen molar-refractivity contribution in [3.05, 3.63) is 64.0 Å². The lowest BCUT2D eigenvalue weighted by molar-refractivity contribution is 0.0738. The number of benzene rings is 1. The van der Waals surface area contributed by atoms with Gasteiger partial charge in [-0.15, -0.1) is 11.3 Å². The summed E-state index contributed by atoms with van der Waals surface area (Å²) in [6, 6.07) is 14.5. The molecule has 0 atom stereocenters.